The zero-order chi connectivity index (χ0) is 13.9. The number of rotatable bonds is 6. The van der Waals surface area contributed by atoms with Crippen molar-refractivity contribution in [2.75, 3.05) is 18.6 Å². The van der Waals surface area contributed by atoms with Crippen molar-refractivity contribution in [3.63, 3.8) is 0 Å². The zero-order valence-electron chi connectivity index (χ0n) is 10.7. The minimum Gasteiger partial charge on any atom is -0.393 e. The highest BCUT2D eigenvalue weighted by Gasteiger charge is 2.46. The quantitative estimate of drug-likeness (QED) is 0.467. The Balaban J connectivity index is 1.90. The van der Waals surface area contributed by atoms with Gasteiger partial charge in [-0.1, -0.05) is 5.16 Å². The number of nitrogens with two attached hydrogens (primary N) is 1. The molecule has 0 aromatic carbocycles. The summed E-state index contributed by atoms with van der Waals surface area (Å²) in [6.45, 7) is 0.279. The van der Waals surface area contributed by atoms with Gasteiger partial charge in [0.25, 0.3) is 0 Å². The van der Waals surface area contributed by atoms with E-state index in [1.807, 2.05) is 0 Å². The van der Waals surface area contributed by atoms with Crippen LogP contribution in [-0.4, -0.2) is 37.9 Å². The summed E-state index contributed by atoms with van der Waals surface area (Å²) in [6.07, 6.45) is 6.17. The lowest BCUT2D eigenvalue weighted by molar-refractivity contribution is 0.105. The second kappa shape index (κ2) is 5.16. The van der Waals surface area contributed by atoms with E-state index in [1.165, 1.54) is 6.26 Å². The van der Waals surface area contributed by atoms with Gasteiger partial charge in [-0.2, -0.15) is 0 Å². The predicted octanol–water partition coefficient (Wildman–Crippen LogP) is 0.543. The van der Waals surface area contributed by atoms with Crippen molar-refractivity contribution in [3.8, 4) is 0 Å². The first-order valence-corrected chi connectivity index (χ1v) is 8.00. The average Bonchev–Trinajstić information content (AvgIpc) is 3.07. The summed E-state index contributed by atoms with van der Waals surface area (Å²) in [7, 11) is -2.99. The van der Waals surface area contributed by atoms with Gasteiger partial charge in [0.05, 0.1) is 5.75 Å². The van der Waals surface area contributed by atoms with Crippen LogP contribution >= 0.6 is 0 Å². The van der Waals surface area contributed by atoms with Crippen LogP contribution in [-0.2, 0) is 14.7 Å². The molecule has 0 saturated heterocycles. The maximum absolute atomic E-state index is 11.3. The Kier molecular flexibility index (Phi) is 3.75. The van der Waals surface area contributed by atoms with Gasteiger partial charge >= 0.3 is 0 Å². The Morgan fingerprint density at radius 3 is 2.84 bits per heavy atom. The number of oxime groups is 1. The van der Waals surface area contributed by atoms with Crippen LogP contribution in [0.15, 0.2) is 29.7 Å². The van der Waals surface area contributed by atoms with E-state index >= 15 is 0 Å². The molecule has 1 aromatic heterocycles. The van der Waals surface area contributed by atoms with Gasteiger partial charge in [-0.15, -0.1) is 0 Å². The van der Waals surface area contributed by atoms with Gasteiger partial charge in [0, 0.05) is 29.6 Å². The standard InChI is InChI=1S/C12H17N3O3S/c1-19(16,17)9-12(4-5-12)8-18-15-11(13)10-3-2-6-14-7-10/h2-3,6-7H,4-5,8-9H2,1H3,(H2,13,15). The van der Waals surface area contributed by atoms with Crippen molar-refractivity contribution in [3.05, 3.63) is 30.1 Å². The van der Waals surface area contributed by atoms with Crippen LogP contribution in [0, 0.1) is 5.41 Å². The number of hydrogen-bond acceptors (Lipinski definition) is 5. The Morgan fingerprint density at radius 2 is 2.32 bits per heavy atom. The molecule has 0 aliphatic heterocycles. The minimum absolute atomic E-state index is 0.141. The number of aromatic nitrogens is 1. The van der Waals surface area contributed by atoms with E-state index in [0.29, 0.717) is 5.56 Å². The normalized spacial score (nSPS) is 18.1. The first-order chi connectivity index (χ1) is 8.90. The number of nitrogens with zero attached hydrogens (tertiary/aromatic N) is 2. The monoisotopic (exact) mass is 283 g/mol. The minimum atomic E-state index is -2.99. The maximum Gasteiger partial charge on any atom is 0.171 e. The van der Waals surface area contributed by atoms with Crippen molar-refractivity contribution in [2.24, 2.45) is 16.3 Å². The summed E-state index contributed by atoms with van der Waals surface area (Å²) in [5.41, 5.74) is 6.14. The molecule has 7 heteroatoms. The smallest absolute Gasteiger partial charge is 0.171 e. The molecule has 1 saturated carbocycles. The lowest BCUT2D eigenvalue weighted by Gasteiger charge is -2.12. The lowest BCUT2D eigenvalue weighted by atomic mass is 10.2. The van der Waals surface area contributed by atoms with Gasteiger partial charge in [-0.05, 0) is 25.0 Å². The van der Waals surface area contributed by atoms with Crippen LogP contribution in [0.25, 0.3) is 0 Å². The Morgan fingerprint density at radius 1 is 1.58 bits per heavy atom. The maximum atomic E-state index is 11.3. The summed E-state index contributed by atoms with van der Waals surface area (Å²) in [5, 5.41) is 3.81. The van der Waals surface area contributed by atoms with Gasteiger partial charge < -0.3 is 10.6 Å². The van der Waals surface area contributed by atoms with Crippen molar-refractivity contribution < 1.29 is 13.3 Å². The van der Waals surface area contributed by atoms with Crippen LogP contribution in [0.1, 0.15) is 18.4 Å². The third-order valence-corrected chi connectivity index (χ3v) is 4.15. The molecule has 0 atom stereocenters. The fourth-order valence-electron chi connectivity index (χ4n) is 1.87. The second-order valence-electron chi connectivity index (χ2n) is 5.06. The molecule has 2 rings (SSSR count). The highest BCUT2D eigenvalue weighted by atomic mass is 32.2. The van der Waals surface area contributed by atoms with E-state index in [4.69, 9.17) is 10.6 Å². The zero-order valence-corrected chi connectivity index (χ0v) is 11.6. The SMILES string of the molecule is CS(=O)(=O)CC1(CO/N=C(/N)c2cccnc2)CC1. The first-order valence-electron chi connectivity index (χ1n) is 5.94. The van der Waals surface area contributed by atoms with Crippen molar-refractivity contribution >= 4 is 15.7 Å². The predicted molar refractivity (Wildman–Crippen MR) is 72.3 cm³/mol. The van der Waals surface area contributed by atoms with Crippen LogP contribution in [0.5, 0.6) is 0 Å². The van der Waals surface area contributed by atoms with E-state index in [1.54, 1.807) is 24.5 Å². The summed E-state index contributed by atoms with van der Waals surface area (Å²) >= 11 is 0. The van der Waals surface area contributed by atoms with Crippen LogP contribution in [0.2, 0.25) is 0 Å². The molecule has 2 N–H and O–H groups in total. The lowest BCUT2D eigenvalue weighted by Crippen LogP contribution is -2.21. The Hall–Kier alpha value is -1.63. The molecule has 0 spiro atoms. The van der Waals surface area contributed by atoms with Crippen molar-refractivity contribution in [1.29, 1.82) is 0 Å². The van der Waals surface area contributed by atoms with Gasteiger partial charge in [0.2, 0.25) is 0 Å². The highest BCUT2D eigenvalue weighted by Crippen LogP contribution is 2.46. The van der Waals surface area contributed by atoms with Gasteiger partial charge in [0.1, 0.15) is 16.4 Å². The molecule has 1 aliphatic rings. The second-order valence-corrected chi connectivity index (χ2v) is 7.20. The molecule has 1 aromatic rings. The number of sulfone groups is 1. The molecule has 0 bridgehead atoms. The van der Waals surface area contributed by atoms with E-state index in [9.17, 15) is 8.42 Å². The van der Waals surface area contributed by atoms with E-state index < -0.39 is 9.84 Å². The number of hydrogen-bond donors (Lipinski definition) is 1. The van der Waals surface area contributed by atoms with Crippen LogP contribution < -0.4 is 5.73 Å². The molecule has 0 amide bonds. The third kappa shape index (κ3) is 4.20. The first kappa shape index (κ1) is 13.8. The summed E-state index contributed by atoms with van der Waals surface area (Å²) in [6, 6.07) is 3.53. The van der Waals surface area contributed by atoms with Crippen molar-refractivity contribution in [2.45, 2.75) is 12.8 Å². The molecule has 1 aliphatic carbocycles. The molecule has 1 heterocycles. The summed E-state index contributed by atoms with van der Waals surface area (Å²) < 4.78 is 22.6. The molecule has 0 radical (unpaired) electrons. The molecular formula is C12H17N3O3S. The van der Waals surface area contributed by atoms with Gasteiger partial charge in [-0.25, -0.2) is 8.42 Å². The van der Waals surface area contributed by atoms with Crippen molar-refractivity contribution in [1.82, 2.24) is 4.98 Å². The molecule has 19 heavy (non-hydrogen) atoms. The average molecular weight is 283 g/mol. The fraction of sp³-hybridized carbons (Fsp3) is 0.500. The molecule has 6 nitrogen and oxygen atoms in total. The van der Waals surface area contributed by atoms with Crippen LogP contribution in [0.3, 0.4) is 0 Å². The van der Waals surface area contributed by atoms with Gasteiger partial charge in [-0.3, -0.25) is 4.98 Å². The molecule has 104 valence electrons. The largest absolute Gasteiger partial charge is 0.393 e. The third-order valence-electron chi connectivity index (χ3n) is 3.02. The molecular weight excluding hydrogens is 266 g/mol. The molecule has 1 fully saturated rings. The van der Waals surface area contributed by atoms with E-state index in [0.717, 1.165) is 12.8 Å². The number of pyridine rings is 1. The highest BCUT2D eigenvalue weighted by molar-refractivity contribution is 7.90. The fourth-order valence-corrected chi connectivity index (χ4v) is 3.35. The van der Waals surface area contributed by atoms with Gasteiger partial charge in [0.15, 0.2) is 5.84 Å². The summed E-state index contributed by atoms with van der Waals surface area (Å²) in [4.78, 5) is 9.12. The van der Waals surface area contributed by atoms with E-state index in [-0.39, 0.29) is 23.6 Å². The number of amidine groups is 1. The summed E-state index contributed by atoms with van der Waals surface area (Å²) in [5.74, 6) is 0.380. The Bertz CT molecular complexity index is 565. The Labute approximate surface area is 112 Å². The topological polar surface area (TPSA) is 94.6 Å². The molecule has 0 unspecified atom stereocenters. The van der Waals surface area contributed by atoms with Crippen LogP contribution in [0.4, 0.5) is 0 Å². The van der Waals surface area contributed by atoms with E-state index in [2.05, 4.69) is 10.1 Å².